The second-order valence-electron chi connectivity index (χ2n) is 3.43. The van der Waals surface area contributed by atoms with Crippen molar-refractivity contribution in [3.8, 4) is 5.75 Å². The van der Waals surface area contributed by atoms with Crippen LogP contribution in [0.4, 0.5) is 0 Å². The summed E-state index contributed by atoms with van der Waals surface area (Å²) in [5.74, 6) is 0.970. The van der Waals surface area contributed by atoms with Gasteiger partial charge in [-0.2, -0.15) is 0 Å². The number of methoxy groups -OCH3 is 1. The van der Waals surface area contributed by atoms with Crippen LogP contribution in [0, 0.1) is 6.92 Å². The van der Waals surface area contributed by atoms with Crippen molar-refractivity contribution in [2.24, 2.45) is 0 Å². The van der Waals surface area contributed by atoms with Gasteiger partial charge in [0.15, 0.2) is 0 Å². The highest BCUT2D eigenvalue weighted by Crippen LogP contribution is 2.28. The third kappa shape index (κ3) is 3.26. The van der Waals surface area contributed by atoms with E-state index in [1.807, 2.05) is 13.0 Å². The molecule has 0 saturated carbocycles. The lowest BCUT2D eigenvalue weighted by atomic mass is 10.0. The number of alkyl halides is 1. The third-order valence-corrected chi connectivity index (χ3v) is 2.73. The molecule has 0 aliphatic heterocycles. The monoisotopic (exact) mass is 248 g/mol. The molecule has 0 fully saturated rings. The van der Waals surface area contributed by atoms with Crippen molar-refractivity contribution in [1.29, 1.82) is 0 Å². The Hall–Kier alpha value is -0.440. The highest BCUT2D eigenvalue weighted by Gasteiger charge is 2.12. The average molecular weight is 249 g/mol. The van der Waals surface area contributed by atoms with E-state index >= 15 is 0 Å². The van der Waals surface area contributed by atoms with Crippen LogP contribution in [0.1, 0.15) is 11.1 Å². The Balaban J connectivity index is 3.03. The maximum atomic E-state index is 9.48. The molecule has 1 aromatic carbocycles. The predicted octanol–water partition coefficient (Wildman–Crippen LogP) is 2.80. The van der Waals surface area contributed by atoms with Gasteiger partial charge in [0.05, 0.1) is 13.2 Å². The molecule has 0 bridgehead atoms. The molecule has 0 aromatic heterocycles. The Labute approximate surface area is 99.8 Å². The topological polar surface area (TPSA) is 29.5 Å². The minimum absolute atomic E-state index is 0.203. The first-order chi connectivity index (χ1) is 7.08. The summed E-state index contributed by atoms with van der Waals surface area (Å²) >= 11 is 11.5. The van der Waals surface area contributed by atoms with Crippen LogP contribution in [0.3, 0.4) is 0 Å². The first-order valence-corrected chi connectivity index (χ1v) is 5.56. The molecular weight excluding hydrogens is 235 g/mol. The number of ether oxygens (including phenoxy) is 1. The van der Waals surface area contributed by atoms with E-state index in [1.165, 1.54) is 0 Å². The molecule has 4 heteroatoms. The minimum atomic E-state index is -0.571. The number of hydrogen-bond acceptors (Lipinski definition) is 2. The molecule has 1 unspecified atom stereocenters. The van der Waals surface area contributed by atoms with Crippen molar-refractivity contribution >= 4 is 23.2 Å². The Morgan fingerprint density at radius 1 is 1.47 bits per heavy atom. The summed E-state index contributed by atoms with van der Waals surface area (Å²) in [6.45, 7) is 1.92. The highest BCUT2D eigenvalue weighted by atomic mass is 35.5. The summed E-state index contributed by atoms with van der Waals surface area (Å²) in [5.41, 5.74) is 1.84. The van der Waals surface area contributed by atoms with Crippen LogP contribution in [0.5, 0.6) is 5.75 Å². The van der Waals surface area contributed by atoms with Gasteiger partial charge in [-0.05, 0) is 30.2 Å². The fourth-order valence-corrected chi connectivity index (χ4v) is 1.96. The Morgan fingerprint density at radius 2 is 2.13 bits per heavy atom. The molecule has 0 spiro atoms. The Bertz CT molecular complexity index is 340. The van der Waals surface area contributed by atoms with Gasteiger partial charge in [-0.25, -0.2) is 0 Å². The molecule has 0 aliphatic rings. The molecular formula is C11H14Cl2O2. The summed E-state index contributed by atoms with van der Waals surface area (Å²) in [5, 5.41) is 10.1. The lowest BCUT2D eigenvalue weighted by Gasteiger charge is -2.14. The standard InChI is InChI=1S/C11H14Cl2O2/c1-7-3-9(13)4-8(11(7)15-2)5-10(14)6-12/h3-4,10,14H,5-6H2,1-2H3. The summed E-state index contributed by atoms with van der Waals surface area (Å²) in [6, 6.07) is 3.63. The molecule has 1 N–H and O–H groups in total. The van der Waals surface area contributed by atoms with E-state index in [1.54, 1.807) is 13.2 Å². The SMILES string of the molecule is COc1c(C)cc(Cl)cc1CC(O)CCl. The first-order valence-electron chi connectivity index (χ1n) is 4.65. The van der Waals surface area contributed by atoms with Gasteiger partial charge < -0.3 is 9.84 Å². The summed E-state index contributed by atoms with van der Waals surface area (Å²) < 4.78 is 5.26. The van der Waals surface area contributed by atoms with E-state index in [9.17, 15) is 5.11 Å². The van der Waals surface area contributed by atoms with Crippen LogP contribution in [0.2, 0.25) is 5.02 Å². The molecule has 1 aromatic rings. The van der Waals surface area contributed by atoms with Gasteiger partial charge in [0.2, 0.25) is 0 Å². The van der Waals surface area contributed by atoms with Crippen molar-refractivity contribution in [2.75, 3.05) is 13.0 Å². The number of halogens is 2. The Morgan fingerprint density at radius 3 is 2.67 bits per heavy atom. The zero-order chi connectivity index (χ0) is 11.4. The molecule has 0 amide bonds. The molecule has 0 aliphatic carbocycles. The van der Waals surface area contributed by atoms with E-state index in [0.29, 0.717) is 11.4 Å². The van der Waals surface area contributed by atoms with Crippen LogP contribution in [-0.2, 0) is 6.42 Å². The fourth-order valence-electron chi connectivity index (χ4n) is 1.55. The van der Waals surface area contributed by atoms with Crippen LogP contribution in [0.15, 0.2) is 12.1 Å². The number of rotatable bonds is 4. The van der Waals surface area contributed by atoms with Crippen molar-refractivity contribution in [3.05, 3.63) is 28.3 Å². The molecule has 15 heavy (non-hydrogen) atoms. The van der Waals surface area contributed by atoms with Crippen molar-refractivity contribution in [1.82, 2.24) is 0 Å². The smallest absolute Gasteiger partial charge is 0.125 e. The zero-order valence-corrected chi connectivity index (χ0v) is 10.3. The Kier molecular flexibility index (Phi) is 4.71. The van der Waals surface area contributed by atoms with Crippen LogP contribution < -0.4 is 4.74 Å². The highest BCUT2D eigenvalue weighted by molar-refractivity contribution is 6.30. The number of aliphatic hydroxyl groups excluding tert-OH is 1. The molecule has 2 nitrogen and oxygen atoms in total. The zero-order valence-electron chi connectivity index (χ0n) is 8.76. The third-order valence-electron chi connectivity index (χ3n) is 2.15. The van der Waals surface area contributed by atoms with Gasteiger partial charge in [-0.1, -0.05) is 11.6 Å². The van der Waals surface area contributed by atoms with Gasteiger partial charge in [-0.15, -0.1) is 11.6 Å². The molecule has 1 atom stereocenters. The predicted molar refractivity (Wildman–Crippen MR) is 63.2 cm³/mol. The largest absolute Gasteiger partial charge is 0.496 e. The second-order valence-corrected chi connectivity index (χ2v) is 4.17. The van der Waals surface area contributed by atoms with E-state index in [4.69, 9.17) is 27.9 Å². The lowest BCUT2D eigenvalue weighted by Crippen LogP contribution is -2.13. The molecule has 0 heterocycles. The molecule has 1 rings (SSSR count). The van der Waals surface area contributed by atoms with Gasteiger partial charge in [-0.3, -0.25) is 0 Å². The summed E-state index contributed by atoms with van der Waals surface area (Å²) in [6.07, 6.45) is -0.118. The quantitative estimate of drug-likeness (QED) is 0.831. The number of benzene rings is 1. The van der Waals surface area contributed by atoms with E-state index < -0.39 is 6.10 Å². The minimum Gasteiger partial charge on any atom is -0.496 e. The van der Waals surface area contributed by atoms with Crippen molar-refractivity contribution in [2.45, 2.75) is 19.4 Å². The van der Waals surface area contributed by atoms with Crippen LogP contribution in [0.25, 0.3) is 0 Å². The van der Waals surface area contributed by atoms with Crippen LogP contribution >= 0.6 is 23.2 Å². The second kappa shape index (κ2) is 5.59. The molecule has 0 radical (unpaired) electrons. The number of hydrogen-bond donors (Lipinski definition) is 1. The maximum absolute atomic E-state index is 9.48. The average Bonchev–Trinajstić information content (AvgIpc) is 2.17. The maximum Gasteiger partial charge on any atom is 0.125 e. The fraction of sp³-hybridized carbons (Fsp3) is 0.455. The summed E-state index contributed by atoms with van der Waals surface area (Å²) in [7, 11) is 1.60. The van der Waals surface area contributed by atoms with Gasteiger partial charge in [0.25, 0.3) is 0 Å². The molecule has 0 saturated heterocycles. The van der Waals surface area contributed by atoms with Gasteiger partial charge in [0.1, 0.15) is 5.75 Å². The van der Waals surface area contributed by atoms with Crippen LogP contribution in [-0.4, -0.2) is 24.2 Å². The normalized spacial score (nSPS) is 12.6. The van der Waals surface area contributed by atoms with Crippen molar-refractivity contribution < 1.29 is 9.84 Å². The number of aryl methyl sites for hydroxylation is 1. The van der Waals surface area contributed by atoms with Gasteiger partial charge in [0, 0.05) is 17.3 Å². The van der Waals surface area contributed by atoms with Gasteiger partial charge >= 0.3 is 0 Å². The van der Waals surface area contributed by atoms with E-state index in [2.05, 4.69) is 0 Å². The number of aliphatic hydroxyl groups is 1. The summed E-state index contributed by atoms with van der Waals surface area (Å²) in [4.78, 5) is 0. The van der Waals surface area contributed by atoms with E-state index in [0.717, 1.165) is 16.9 Å². The first kappa shape index (κ1) is 12.6. The van der Waals surface area contributed by atoms with Crippen molar-refractivity contribution in [3.63, 3.8) is 0 Å². The lowest BCUT2D eigenvalue weighted by molar-refractivity contribution is 0.197. The van der Waals surface area contributed by atoms with E-state index in [-0.39, 0.29) is 5.88 Å². The molecule has 84 valence electrons.